The molecule has 0 spiro atoms. The maximum Gasteiger partial charge on any atom is 0.488 e. The van der Waals surface area contributed by atoms with Gasteiger partial charge in [-0.1, -0.05) is 56.3 Å². The molecular formula is C27H37BN2O9S. The lowest BCUT2D eigenvalue weighted by Gasteiger charge is -2.31. The van der Waals surface area contributed by atoms with E-state index in [0.717, 1.165) is 12.0 Å². The predicted molar refractivity (Wildman–Crippen MR) is 147 cm³/mol. The maximum atomic E-state index is 13.6. The SMILES string of the molecule is CC(C)CN(CC(O)C(Cc1ccccc1)NC(=O)O[C@H]1COC2OCCC21)S(=O)(=O)c1ccc(B(O)O)cc1. The molecule has 11 nitrogen and oxygen atoms in total. The summed E-state index contributed by atoms with van der Waals surface area (Å²) in [6.07, 6.45) is -1.89. The number of hydrogen-bond donors (Lipinski definition) is 4. The molecule has 1 amide bonds. The molecule has 2 aliphatic rings. The number of hydrogen-bond acceptors (Lipinski definition) is 9. The van der Waals surface area contributed by atoms with Crippen molar-refractivity contribution < 1.29 is 42.6 Å². The highest BCUT2D eigenvalue weighted by molar-refractivity contribution is 7.89. The summed E-state index contributed by atoms with van der Waals surface area (Å²) in [5, 5.41) is 32.8. The van der Waals surface area contributed by atoms with Crippen LogP contribution in [0.1, 0.15) is 25.8 Å². The lowest BCUT2D eigenvalue weighted by atomic mass is 9.81. The van der Waals surface area contributed by atoms with Crippen molar-refractivity contribution in [1.82, 2.24) is 9.62 Å². The van der Waals surface area contributed by atoms with Gasteiger partial charge in [0, 0.05) is 13.1 Å². The molecule has 2 aliphatic heterocycles. The van der Waals surface area contributed by atoms with Gasteiger partial charge in [0.05, 0.1) is 36.2 Å². The molecule has 0 bridgehead atoms. The summed E-state index contributed by atoms with van der Waals surface area (Å²) in [6.45, 7) is 4.32. The summed E-state index contributed by atoms with van der Waals surface area (Å²) in [5.41, 5.74) is 1.000. The Kier molecular flexibility index (Phi) is 10.2. The maximum absolute atomic E-state index is 13.6. The molecule has 0 saturated carbocycles. The second kappa shape index (κ2) is 13.4. The van der Waals surface area contributed by atoms with Gasteiger partial charge in [-0.25, -0.2) is 13.2 Å². The van der Waals surface area contributed by atoms with E-state index in [1.54, 1.807) is 0 Å². The van der Waals surface area contributed by atoms with E-state index in [9.17, 15) is 28.4 Å². The molecule has 0 aromatic heterocycles. The van der Waals surface area contributed by atoms with E-state index < -0.39 is 41.5 Å². The predicted octanol–water partition coefficient (Wildman–Crippen LogP) is 0.473. The average Bonchev–Trinajstić information content (AvgIpc) is 3.53. The van der Waals surface area contributed by atoms with Gasteiger partial charge in [-0.3, -0.25) is 0 Å². The molecule has 2 heterocycles. The van der Waals surface area contributed by atoms with Crippen LogP contribution in [-0.4, -0.2) is 91.9 Å². The van der Waals surface area contributed by atoms with Crippen molar-refractivity contribution in [1.29, 1.82) is 0 Å². The van der Waals surface area contributed by atoms with Crippen molar-refractivity contribution in [2.45, 2.75) is 56.1 Å². The number of nitrogens with zero attached hydrogens (tertiary/aromatic N) is 1. The van der Waals surface area contributed by atoms with E-state index in [0.29, 0.717) is 6.61 Å². The first-order valence-corrected chi connectivity index (χ1v) is 14.9. The van der Waals surface area contributed by atoms with Gasteiger partial charge in [0.15, 0.2) is 6.29 Å². The Morgan fingerprint density at radius 2 is 1.80 bits per heavy atom. The number of aliphatic hydroxyl groups is 1. The number of nitrogens with one attached hydrogen (secondary N) is 1. The summed E-state index contributed by atoms with van der Waals surface area (Å²) in [6, 6.07) is 13.6. The molecule has 4 unspecified atom stereocenters. The van der Waals surface area contributed by atoms with Crippen LogP contribution in [0, 0.1) is 11.8 Å². The van der Waals surface area contributed by atoms with Gasteiger partial charge < -0.3 is 34.7 Å². The van der Waals surface area contributed by atoms with Crippen molar-refractivity contribution in [2.24, 2.45) is 11.8 Å². The number of rotatable bonds is 12. The zero-order valence-electron chi connectivity index (χ0n) is 22.6. The smallest absolute Gasteiger partial charge is 0.443 e. The lowest BCUT2D eigenvalue weighted by Crippen LogP contribution is -2.51. The van der Waals surface area contributed by atoms with Crippen LogP contribution >= 0.6 is 0 Å². The number of carbonyl (C=O) groups excluding carboxylic acids is 1. The molecular weight excluding hydrogens is 539 g/mol. The van der Waals surface area contributed by atoms with E-state index in [1.165, 1.54) is 28.6 Å². The molecule has 13 heteroatoms. The zero-order chi connectivity index (χ0) is 28.9. The molecule has 4 N–H and O–H groups in total. The topological polar surface area (TPSA) is 155 Å². The molecule has 2 aromatic rings. The quantitative estimate of drug-likeness (QED) is 0.264. The van der Waals surface area contributed by atoms with Crippen LogP contribution in [0.5, 0.6) is 0 Å². The number of fused-ring (bicyclic) bond motifs is 1. The zero-order valence-corrected chi connectivity index (χ0v) is 23.4. The number of benzene rings is 2. The second-order valence-corrected chi connectivity index (χ2v) is 12.6. The fraction of sp³-hybridized carbons (Fsp3) is 0.519. The summed E-state index contributed by atoms with van der Waals surface area (Å²) in [7, 11) is -5.79. The van der Waals surface area contributed by atoms with Crippen LogP contribution < -0.4 is 10.8 Å². The monoisotopic (exact) mass is 576 g/mol. The van der Waals surface area contributed by atoms with E-state index >= 15 is 0 Å². The summed E-state index contributed by atoms with van der Waals surface area (Å²) in [4.78, 5) is 12.9. The van der Waals surface area contributed by atoms with Crippen molar-refractivity contribution >= 4 is 28.7 Å². The minimum Gasteiger partial charge on any atom is -0.443 e. The van der Waals surface area contributed by atoms with Gasteiger partial charge >= 0.3 is 13.2 Å². The van der Waals surface area contributed by atoms with Gasteiger partial charge in [0.1, 0.15) is 6.10 Å². The van der Waals surface area contributed by atoms with E-state index in [2.05, 4.69) is 5.32 Å². The van der Waals surface area contributed by atoms with Crippen LogP contribution in [0.25, 0.3) is 0 Å². The summed E-state index contributed by atoms with van der Waals surface area (Å²) < 4.78 is 45.0. The van der Waals surface area contributed by atoms with Gasteiger partial charge in [0.25, 0.3) is 0 Å². The van der Waals surface area contributed by atoms with Crippen LogP contribution in [-0.2, 0) is 30.7 Å². The van der Waals surface area contributed by atoms with Crippen molar-refractivity contribution in [3.05, 3.63) is 60.2 Å². The minimum atomic E-state index is -4.06. The van der Waals surface area contributed by atoms with Gasteiger partial charge in [0.2, 0.25) is 10.0 Å². The second-order valence-electron chi connectivity index (χ2n) is 10.6. The van der Waals surface area contributed by atoms with Gasteiger partial charge in [-0.05, 0) is 41.9 Å². The number of amides is 1. The Hall–Kier alpha value is -2.52. The summed E-state index contributed by atoms with van der Waals surface area (Å²) >= 11 is 0. The first-order chi connectivity index (χ1) is 19.0. The molecule has 5 atom stereocenters. The van der Waals surface area contributed by atoms with Crippen molar-refractivity contribution in [2.75, 3.05) is 26.3 Å². The van der Waals surface area contributed by atoms with Crippen LogP contribution in [0.15, 0.2) is 59.5 Å². The third-order valence-corrected chi connectivity index (χ3v) is 8.93. The molecule has 2 aromatic carbocycles. The Morgan fingerprint density at radius 1 is 1.10 bits per heavy atom. The Morgan fingerprint density at radius 3 is 2.45 bits per heavy atom. The first kappa shape index (κ1) is 30.4. The van der Waals surface area contributed by atoms with Crippen LogP contribution in [0.3, 0.4) is 0 Å². The fourth-order valence-electron chi connectivity index (χ4n) is 5.00. The highest BCUT2D eigenvalue weighted by Gasteiger charge is 2.44. The molecule has 4 rings (SSSR count). The van der Waals surface area contributed by atoms with Crippen LogP contribution in [0.2, 0.25) is 0 Å². The summed E-state index contributed by atoms with van der Waals surface area (Å²) in [5.74, 6) is -0.108. The molecule has 2 fully saturated rings. The molecule has 218 valence electrons. The number of alkyl carbamates (subject to hydrolysis) is 1. The lowest BCUT2D eigenvalue weighted by molar-refractivity contribution is -0.0907. The molecule has 0 aliphatic carbocycles. The van der Waals surface area contributed by atoms with Crippen LogP contribution in [0.4, 0.5) is 4.79 Å². The first-order valence-electron chi connectivity index (χ1n) is 13.4. The van der Waals surface area contributed by atoms with E-state index in [4.69, 9.17) is 14.2 Å². The number of ether oxygens (including phenoxy) is 3. The highest BCUT2D eigenvalue weighted by atomic mass is 32.2. The number of aliphatic hydroxyl groups excluding tert-OH is 1. The van der Waals surface area contributed by atoms with E-state index in [1.807, 2.05) is 44.2 Å². The Labute approximate surface area is 235 Å². The van der Waals surface area contributed by atoms with Crippen molar-refractivity contribution in [3.63, 3.8) is 0 Å². The normalized spacial score (nSPS) is 22.2. The fourth-order valence-corrected chi connectivity index (χ4v) is 6.62. The average molecular weight is 576 g/mol. The standard InChI is InChI=1S/C27H37BN2O9S/c1-18(2)15-30(40(35,36)21-10-8-20(9-11-21)28(33)34)16-24(31)23(14-19-6-4-3-5-7-19)29-27(32)39-25-17-38-26-22(25)12-13-37-26/h3-11,18,22-26,31,33-34H,12-17H2,1-2H3,(H,29,32)/t22?,23?,24?,25-,26?/m0/s1. The third-order valence-electron chi connectivity index (χ3n) is 7.09. The van der Waals surface area contributed by atoms with Crippen molar-refractivity contribution in [3.8, 4) is 0 Å². The molecule has 2 saturated heterocycles. The highest BCUT2D eigenvalue weighted by Crippen LogP contribution is 2.33. The largest absolute Gasteiger partial charge is 0.488 e. The minimum absolute atomic E-state index is 0.0479. The van der Waals surface area contributed by atoms with E-state index in [-0.39, 0.29) is 54.6 Å². The van der Waals surface area contributed by atoms with Gasteiger partial charge in [-0.2, -0.15) is 4.31 Å². The number of carbonyl (C=O) groups is 1. The molecule has 40 heavy (non-hydrogen) atoms. The number of sulfonamides is 1. The molecule has 0 radical (unpaired) electrons. The van der Waals surface area contributed by atoms with Gasteiger partial charge in [-0.15, -0.1) is 0 Å². The third kappa shape index (κ3) is 7.61. The Bertz CT molecular complexity index is 1210. The Balaban J connectivity index is 1.51.